The number of H-pyrrole nitrogens is 1. The first-order valence-electron chi connectivity index (χ1n) is 9.59. The van der Waals surface area contributed by atoms with Crippen LogP contribution in [-0.4, -0.2) is 27.5 Å². The number of aromatic nitrogens is 2. The van der Waals surface area contributed by atoms with Crippen molar-refractivity contribution >= 4 is 29.1 Å². The average Bonchev–Trinajstić information content (AvgIpc) is 3.31. The zero-order chi connectivity index (χ0) is 20.4. The largest absolute Gasteiger partial charge is 0.489 e. The van der Waals surface area contributed by atoms with E-state index in [0.29, 0.717) is 23.2 Å². The molecule has 2 heterocycles. The molecule has 1 aromatic heterocycles. The molecule has 0 saturated carbocycles. The Hall–Kier alpha value is -2.50. The molecule has 1 amide bonds. The lowest BCUT2D eigenvalue weighted by molar-refractivity contribution is 0.0776. The number of rotatable bonds is 7. The summed E-state index contributed by atoms with van der Waals surface area (Å²) in [7, 11) is 0. The Bertz CT molecular complexity index is 1050. The Morgan fingerprint density at radius 2 is 2.03 bits per heavy atom. The maximum absolute atomic E-state index is 12.5. The van der Waals surface area contributed by atoms with Crippen LogP contribution in [0.2, 0.25) is 10.0 Å². The highest BCUT2D eigenvalue weighted by atomic mass is 35.5. The van der Waals surface area contributed by atoms with Gasteiger partial charge in [-0.2, -0.15) is 5.10 Å². The molecule has 3 aromatic rings. The van der Waals surface area contributed by atoms with E-state index in [1.807, 2.05) is 29.2 Å². The first-order valence-corrected chi connectivity index (χ1v) is 10.3. The van der Waals surface area contributed by atoms with Crippen LogP contribution in [0.25, 0.3) is 11.3 Å². The molecule has 1 N–H and O–H groups in total. The predicted molar refractivity (Wildman–Crippen MR) is 114 cm³/mol. The van der Waals surface area contributed by atoms with Gasteiger partial charge >= 0.3 is 0 Å². The van der Waals surface area contributed by atoms with Crippen molar-refractivity contribution in [2.45, 2.75) is 32.9 Å². The molecule has 0 spiro atoms. The van der Waals surface area contributed by atoms with Crippen molar-refractivity contribution in [3.63, 3.8) is 0 Å². The highest BCUT2D eigenvalue weighted by Gasteiger charge is 2.27. The van der Waals surface area contributed by atoms with E-state index >= 15 is 0 Å². The molecule has 4 rings (SSSR count). The van der Waals surface area contributed by atoms with E-state index in [1.165, 1.54) is 0 Å². The number of nitrogens with zero attached hydrogens (tertiary/aromatic N) is 2. The summed E-state index contributed by atoms with van der Waals surface area (Å²) in [6.07, 6.45) is 3.82. The molecule has 0 saturated heterocycles. The van der Waals surface area contributed by atoms with E-state index in [4.69, 9.17) is 27.9 Å². The summed E-state index contributed by atoms with van der Waals surface area (Å²) in [5.74, 6) is 0.840. The number of carbonyl (C=O) groups is 1. The summed E-state index contributed by atoms with van der Waals surface area (Å²) in [6.45, 7) is 3.91. The molecule has 2 aromatic carbocycles. The monoisotopic (exact) mass is 429 g/mol. The van der Waals surface area contributed by atoms with Crippen molar-refractivity contribution in [1.82, 2.24) is 15.1 Å². The molecule has 5 nitrogen and oxygen atoms in total. The molecule has 29 heavy (non-hydrogen) atoms. The molecule has 0 unspecified atom stereocenters. The second-order valence-corrected chi connectivity index (χ2v) is 7.90. The van der Waals surface area contributed by atoms with Gasteiger partial charge in [-0.15, -0.1) is 0 Å². The minimum Gasteiger partial charge on any atom is -0.489 e. The number of halogens is 2. The summed E-state index contributed by atoms with van der Waals surface area (Å²) < 4.78 is 5.99. The van der Waals surface area contributed by atoms with Gasteiger partial charge < -0.3 is 9.64 Å². The first-order chi connectivity index (χ1) is 14.1. The minimum absolute atomic E-state index is 0.108. The van der Waals surface area contributed by atoms with Gasteiger partial charge in [-0.3, -0.25) is 9.89 Å². The fraction of sp³-hybridized carbons (Fsp3) is 0.273. The second kappa shape index (κ2) is 8.47. The number of ether oxygens (including phenoxy) is 1. The van der Waals surface area contributed by atoms with E-state index in [9.17, 15) is 4.79 Å². The third kappa shape index (κ3) is 4.11. The third-order valence-corrected chi connectivity index (χ3v) is 5.80. The first kappa shape index (κ1) is 19.8. The quantitative estimate of drug-likeness (QED) is 0.522. The Morgan fingerprint density at radius 1 is 1.17 bits per heavy atom. The number of unbranched alkanes of at least 4 members (excludes halogenated alkanes) is 1. The van der Waals surface area contributed by atoms with Gasteiger partial charge in [0, 0.05) is 29.8 Å². The van der Waals surface area contributed by atoms with Crippen molar-refractivity contribution in [3.05, 3.63) is 69.3 Å². The normalized spacial score (nSPS) is 13.1. The number of hydrogen-bond acceptors (Lipinski definition) is 3. The number of aromatic amines is 1. The van der Waals surface area contributed by atoms with Gasteiger partial charge in [0.25, 0.3) is 5.91 Å². The molecule has 0 radical (unpaired) electrons. The highest BCUT2D eigenvalue weighted by Crippen LogP contribution is 2.31. The van der Waals surface area contributed by atoms with E-state index in [2.05, 4.69) is 17.1 Å². The lowest BCUT2D eigenvalue weighted by Crippen LogP contribution is -2.24. The van der Waals surface area contributed by atoms with Crippen LogP contribution in [0.5, 0.6) is 5.75 Å². The van der Waals surface area contributed by atoms with Crippen LogP contribution < -0.4 is 4.74 Å². The smallest absolute Gasteiger partial charge is 0.254 e. The van der Waals surface area contributed by atoms with Gasteiger partial charge in [-0.1, -0.05) is 42.6 Å². The Morgan fingerprint density at radius 3 is 2.83 bits per heavy atom. The maximum atomic E-state index is 12.5. The van der Waals surface area contributed by atoms with Gasteiger partial charge in [0.05, 0.1) is 21.9 Å². The van der Waals surface area contributed by atoms with E-state index in [1.54, 1.807) is 18.3 Å². The van der Waals surface area contributed by atoms with Crippen LogP contribution in [0, 0.1) is 0 Å². The van der Waals surface area contributed by atoms with Crippen molar-refractivity contribution in [3.8, 4) is 17.0 Å². The lowest BCUT2D eigenvalue weighted by atomic mass is 10.1. The second-order valence-electron chi connectivity index (χ2n) is 7.09. The Kier molecular flexibility index (Phi) is 5.79. The number of hydrogen-bond donors (Lipinski definition) is 1. The van der Waals surface area contributed by atoms with Crippen LogP contribution >= 0.6 is 23.2 Å². The third-order valence-electron chi connectivity index (χ3n) is 5.06. The molecule has 0 bridgehead atoms. The molecule has 1 aliphatic heterocycles. The number of nitrogens with one attached hydrogen (secondary N) is 1. The van der Waals surface area contributed by atoms with Crippen LogP contribution in [0.1, 0.15) is 41.3 Å². The fourth-order valence-corrected chi connectivity index (χ4v) is 3.76. The zero-order valence-corrected chi connectivity index (χ0v) is 17.6. The molecular weight excluding hydrogens is 409 g/mol. The minimum atomic E-state index is 0.108. The van der Waals surface area contributed by atoms with Gasteiger partial charge in [-0.25, -0.2) is 0 Å². The van der Waals surface area contributed by atoms with E-state index in [0.717, 1.165) is 53.1 Å². The van der Waals surface area contributed by atoms with E-state index < -0.39 is 0 Å². The van der Waals surface area contributed by atoms with Crippen molar-refractivity contribution < 1.29 is 9.53 Å². The molecule has 0 aliphatic carbocycles. The Labute approximate surface area is 179 Å². The van der Waals surface area contributed by atoms with Crippen molar-refractivity contribution in [2.24, 2.45) is 0 Å². The predicted octanol–water partition coefficient (Wildman–Crippen LogP) is 5.72. The molecular formula is C22H21Cl2N3O2. The van der Waals surface area contributed by atoms with Gasteiger partial charge in [0.15, 0.2) is 0 Å². The molecule has 0 fully saturated rings. The maximum Gasteiger partial charge on any atom is 0.254 e. The summed E-state index contributed by atoms with van der Waals surface area (Å²) >= 11 is 12.1. The lowest BCUT2D eigenvalue weighted by Gasteiger charge is -2.14. The molecule has 150 valence electrons. The number of amides is 1. The zero-order valence-electron chi connectivity index (χ0n) is 16.0. The van der Waals surface area contributed by atoms with Gasteiger partial charge in [0.1, 0.15) is 12.4 Å². The van der Waals surface area contributed by atoms with Crippen LogP contribution in [0.15, 0.2) is 42.6 Å². The van der Waals surface area contributed by atoms with Crippen molar-refractivity contribution in [1.29, 1.82) is 0 Å². The van der Waals surface area contributed by atoms with Gasteiger partial charge in [-0.05, 0) is 42.3 Å². The topological polar surface area (TPSA) is 58.2 Å². The standard InChI is InChI=1S/C22H21Cl2N3O2/c1-2-3-8-27-12-15-9-17(5-6-18(15)22(27)28)29-13-16-11-25-26-21(16)14-4-7-19(23)20(24)10-14/h4-7,9-11H,2-3,8,12-13H2,1H3,(H,25,26). The number of fused-ring (bicyclic) bond motifs is 1. The highest BCUT2D eigenvalue weighted by molar-refractivity contribution is 6.42. The summed E-state index contributed by atoms with van der Waals surface area (Å²) in [4.78, 5) is 14.4. The summed E-state index contributed by atoms with van der Waals surface area (Å²) in [5.41, 5.74) is 4.42. The molecule has 0 atom stereocenters. The Balaban J connectivity index is 1.47. The van der Waals surface area contributed by atoms with Crippen LogP contribution in [0.4, 0.5) is 0 Å². The average molecular weight is 430 g/mol. The van der Waals surface area contributed by atoms with Crippen LogP contribution in [-0.2, 0) is 13.2 Å². The number of benzene rings is 2. The van der Waals surface area contributed by atoms with Crippen molar-refractivity contribution in [2.75, 3.05) is 6.54 Å². The molecule has 7 heteroatoms. The number of carbonyl (C=O) groups excluding carboxylic acids is 1. The van der Waals surface area contributed by atoms with Gasteiger partial charge in [0.2, 0.25) is 0 Å². The summed E-state index contributed by atoms with van der Waals surface area (Å²) in [5, 5.41) is 8.13. The molecule has 1 aliphatic rings. The van der Waals surface area contributed by atoms with E-state index in [-0.39, 0.29) is 5.91 Å². The fourth-order valence-electron chi connectivity index (χ4n) is 3.46. The van der Waals surface area contributed by atoms with Crippen LogP contribution in [0.3, 0.4) is 0 Å². The SMILES string of the molecule is CCCCN1Cc2cc(OCc3cn[nH]c3-c3ccc(Cl)c(Cl)c3)ccc2C1=O. The summed E-state index contributed by atoms with van der Waals surface area (Å²) in [6, 6.07) is 11.1.